The number of hydrogen-bond donors (Lipinski definition) is 3. The van der Waals surface area contributed by atoms with Crippen LogP contribution in [0.2, 0.25) is 0 Å². The lowest BCUT2D eigenvalue weighted by Gasteiger charge is -2.36. The van der Waals surface area contributed by atoms with Crippen molar-refractivity contribution >= 4 is 5.91 Å². The Morgan fingerprint density at radius 3 is 2.69 bits per heavy atom. The van der Waals surface area contributed by atoms with Gasteiger partial charge in [-0.25, -0.2) is 0 Å². The van der Waals surface area contributed by atoms with E-state index < -0.39 is 5.60 Å². The number of hydrogen-bond acceptors (Lipinski definition) is 3. The highest BCUT2D eigenvalue weighted by molar-refractivity contribution is 5.75. The summed E-state index contributed by atoms with van der Waals surface area (Å²) in [5.41, 5.74) is 4.83. The maximum absolute atomic E-state index is 11.5. The summed E-state index contributed by atoms with van der Waals surface area (Å²) in [5, 5.41) is 12.6. The van der Waals surface area contributed by atoms with E-state index in [2.05, 4.69) is 12.2 Å². The minimum absolute atomic E-state index is 0.0456. The Bertz CT molecular complexity index is 227. The fraction of sp³-hybridized carbons (Fsp3) is 0.917. The lowest BCUT2D eigenvalue weighted by Crippen LogP contribution is -2.47. The molecule has 0 aromatic carbocycles. The molecular weight excluding hydrogens is 204 g/mol. The van der Waals surface area contributed by atoms with Gasteiger partial charge in [-0.15, -0.1) is 0 Å². The molecule has 0 saturated heterocycles. The first-order valence-corrected chi connectivity index (χ1v) is 6.25. The molecule has 0 spiro atoms. The standard InChI is InChI=1S/C12H24N2O2/c1-10(5-8-13)3-4-11(15)14-9-12(16)6-2-7-12/h10,16H,2-9,13H2,1H3,(H,14,15). The minimum Gasteiger partial charge on any atom is -0.388 e. The minimum atomic E-state index is -0.613. The second-order valence-corrected chi connectivity index (χ2v) is 5.08. The van der Waals surface area contributed by atoms with Crippen LogP contribution in [0, 0.1) is 5.92 Å². The molecular formula is C12H24N2O2. The van der Waals surface area contributed by atoms with Gasteiger partial charge < -0.3 is 16.2 Å². The smallest absolute Gasteiger partial charge is 0.220 e. The van der Waals surface area contributed by atoms with Gasteiger partial charge in [0.05, 0.1) is 5.60 Å². The van der Waals surface area contributed by atoms with Crippen molar-refractivity contribution in [1.29, 1.82) is 0 Å². The molecule has 1 aliphatic rings. The topological polar surface area (TPSA) is 75.4 Å². The highest BCUT2D eigenvalue weighted by Gasteiger charge is 2.34. The number of aliphatic hydroxyl groups is 1. The van der Waals surface area contributed by atoms with Crippen LogP contribution in [0.5, 0.6) is 0 Å². The maximum atomic E-state index is 11.5. The Morgan fingerprint density at radius 2 is 2.19 bits per heavy atom. The predicted molar refractivity (Wildman–Crippen MR) is 63.9 cm³/mol. The van der Waals surface area contributed by atoms with Crippen molar-refractivity contribution < 1.29 is 9.90 Å². The molecule has 1 amide bonds. The van der Waals surface area contributed by atoms with Crippen molar-refractivity contribution in [1.82, 2.24) is 5.32 Å². The molecule has 1 atom stereocenters. The van der Waals surface area contributed by atoms with E-state index in [-0.39, 0.29) is 5.91 Å². The van der Waals surface area contributed by atoms with E-state index >= 15 is 0 Å². The molecule has 0 bridgehead atoms. The van der Waals surface area contributed by atoms with Gasteiger partial charge in [0.15, 0.2) is 0 Å². The molecule has 1 fully saturated rings. The van der Waals surface area contributed by atoms with Crippen LogP contribution >= 0.6 is 0 Å². The third kappa shape index (κ3) is 4.49. The van der Waals surface area contributed by atoms with Gasteiger partial charge in [0.1, 0.15) is 0 Å². The first kappa shape index (κ1) is 13.5. The Kier molecular flexibility index (Phi) is 5.22. The molecule has 4 nitrogen and oxygen atoms in total. The third-order valence-corrected chi connectivity index (χ3v) is 3.42. The van der Waals surface area contributed by atoms with Crippen molar-refractivity contribution in [3.8, 4) is 0 Å². The summed E-state index contributed by atoms with van der Waals surface area (Å²) in [6.45, 7) is 3.21. The van der Waals surface area contributed by atoms with Gasteiger partial charge in [0.2, 0.25) is 5.91 Å². The molecule has 1 unspecified atom stereocenters. The van der Waals surface area contributed by atoms with Crippen LogP contribution in [-0.2, 0) is 4.79 Å². The second-order valence-electron chi connectivity index (χ2n) is 5.08. The van der Waals surface area contributed by atoms with E-state index in [4.69, 9.17) is 5.73 Å². The summed E-state index contributed by atoms with van der Waals surface area (Å²) >= 11 is 0. The molecule has 94 valence electrons. The molecule has 0 aliphatic heterocycles. The zero-order chi connectivity index (χ0) is 12.0. The molecule has 16 heavy (non-hydrogen) atoms. The Hall–Kier alpha value is -0.610. The lowest BCUT2D eigenvalue weighted by atomic mass is 9.80. The number of carbonyl (C=O) groups is 1. The van der Waals surface area contributed by atoms with Gasteiger partial charge in [-0.3, -0.25) is 4.79 Å². The summed E-state index contributed by atoms with van der Waals surface area (Å²) in [5.74, 6) is 0.548. The lowest BCUT2D eigenvalue weighted by molar-refractivity contribution is -0.123. The zero-order valence-corrected chi connectivity index (χ0v) is 10.2. The monoisotopic (exact) mass is 228 g/mol. The molecule has 0 radical (unpaired) electrons. The highest BCUT2D eigenvalue weighted by atomic mass is 16.3. The van der Waals surface area contributed by atoms with Crippen molar-refractivity contribution in [2.75, 3.05) is 13.1 Å². The van der Waals surface area contributed by atoms with E-state index in [1.165, 1.54) is 0 Å². The first-order valence-electron chi connectivity index (χ1n) is 6.25. The number of amides is 1. The van der Waals surface area contributed by atoms with Crippen LogP contribution < -0.4 is 11.1 Å². The van der Waals surface area contributed by atoms with Crippen molar-refractivity contribution in [3.63, 3.8) is 0 Å². The molecule has 4 N–H and O–H groups in total. The maximum Gasteiger partial charge on any atom is 0.220 e. The quantitative estimate of drug-likeness (QED) is 0.603. The van der Waals surface area contributed by atoms with Gasteiger partial charge in [-0.1, -0.05) is 6.92 Å². The van der Waals surface area contributed by atoms with Crippen molar-refractivity contribution in [2.45, 2.75) is 51.0 Å². The first-order chi connectivity index (χ1) is 7.56. The number of carbonyl (C=O) groups excluding carboxylic acids is 1. The van der Waals surface area contributed by atoms with Gasteiger partial charge in [0.25, 0.3) is 0 Å². The molecule has 1 aliphatic carbocycles. The largest absolute Gasteiger partial charge is 0.388 e. The molecule has 4 heteroatoms. The molecule has 1 saturated carbocycles. The summed E-state index contributed by atoms with van der Waals surface area (Å²) in [4.78, 5) is 11.5. The predicted octanol–water partition coefficient (Wildman–Crippen LogP) is 0.783. The summed E-state index contributed by atoms with van der Waals surface area (Å²) in [6, 6.07) is 0. The average Bonchev–Trinajstić information content (AvgIpc) is 2.21. The summed E-state index contributed by atoms with van der Waals surface area (Å²) in [7, 11) is 0. The van der Waals surface area contributed by atoms with Crippen LogP contribution in [0.1, 0.15) is 45.4 Å². The Labute approximate surface area is 97.6 Å². The molecule has 0 aromatic heterocycles. The van der Waals surface area contributed by atoms with Crippen molar-refractivity contribution in [2.24, 2.45) is 11.7 Å². The van der Waals surface area contributed by atoms with Crippen LogP contribution in [0.25, 0.3) is 0 Å². The van der Waals surface area contributed by atoms with Gasteiger partial charge in [-0.05, 0) is 44.6 Å². The molecule has 0 aromatic rings. The molecule has 1 rings (SSSR count). The van der Waals surface area contributed by atoms with Gasteiger partial charge >= 0.3 is 0 Å². The van der Waals surface area contributed by atoms with E-state index in [1.807, 2.05) is 0 Å². The van der Waals surface area contributed by atoms with Crippen LogP contribution in [0.15, 0.2) is 0 Å². The van der Waals surface area contributed by atoms with Crippen molar-refractivity contribution in [3.05, 3.63) is 0 Å². The number of rotatable bonds is 7. The van der Waals surface area contributed by atoms with E-state index in [9.17, 15) is 9.90 Å². The van der Waals surface area contributed by atoms with E-state index in [1.54, 1.807) is 0 Å². The van der Waals surface area contributed by atoms with Crippen LogP contribution in [0.4, 0.5) is 0 Å². The zero-order valence-electron chi connectivity index (χ0n) is 10.2. The number of nitrogens with one attached hydrogen (secondary N) is 1. The Balaban J connectivity index is 2.06. The second kappa shape index (κ2) is 6.21. The van der Waals surface area contributed by atoms with E-state index in [0.29, 0.717) is 25.4 Å². The molecule has 0 heterocycles. The Morgan fingerprint density at radius 1 is 1.50 bits per heavy atom. The van der Waals surface area contributed by atoms with Crippen LogP contribution in [0.3, 0.4) is 0 Å². The summed E-state index contributed by atoms with van der Waals surface area (Å²) < 4.78 is 0. The SMILES string of the molecule is CC(CCN)CCC(=O)NCC1(O)CCC1. The highest BCUT2D eigenvalue weighted by Crippen LogP contribution is 2.30. The normalized spacial score (nSPS) is 19.9. The van der Waals surface area contributed by atoms with E-state index in [0.717, 1.165) is 32.1 Å². The fourth-order valence-corrected chi connectivity index (χ4v) is 1.92. The number of nitrogens with two attached hydrogens (primary N) is 1. The third-order valence-electron chi connectivity index (χ3n) is 3.42. The van der Waals surface area contributed by atoms with Gasteiger partial charge in [-0.2, -0.15) is 0 Å². The van der Waals surface area contributed by atoms with Gasteiger partial charge in [0, 0.05) is 13.0 Å². The fourth-order valence-electron chi connectivity index (χ4n) is 1.92. The van der Waals surface area contributed by atoms with Crippen LogP contribution in [-0.4, -0.2) is 29.7 Å². The average molecular weight is 228 g/mol. The summed E-state index contributed by atoms with van der Waals surface area (Å²) in [6.07, 6.45) is 5.09.